The summed E-state index contributed by atoms with van der Waals surface area (Å²) >= 11 is 11.3. The normalized spacial score (nSPS) is 20.7. The quantitative estimate of drug-likeness (QED) is 0.851. The van der Waals surface area contributed by atoms with E-state index in [2.05, 4.69) is 16.9 Å². The third-order valence-electron chi connectivity index (χ3n) is 3.29. The Morgan fingerprint density at radius 3 is 3.00 bits per heavy atom. The van der Waals surface area contributed by atoms with Gasteiger partial charge >= 0.3 is 0 Å². The summed E-state index contributed by atoms with van der Waals surface area (Å²) in [4.78, 5) is 2.66. The second kappa shape index (κ2) is 6.17. The molecule has 0 saturated carbocycles. The van der Waals surface area contributed by atoms with Crippen molar-refractivity contribution in [2.45, 2.75) is 33.0 Å². The Kier molecular flexibility index (Phi) is 4.78. The first kappa shape index (κ1) is 14.7. The SMILES string of the molecule is CCn1nc(C)c(Cl)c1CN1CCOC(C(N)=S)C1. The number of rotatable bonds is 4. The molecule has 0 spiro atoms. The van der Waals surface area contributed by atoms with Crippen LogP contribution in [0.15, 0.2) is 0 Å². The zero-order valence-corrected chi connectivity index (χ0v) is 12.8. The van der Waals surface area contributed by atoms with Gasteiger partial charge in [0.15, 0.2) is 0 Å². The van der Waals surface area contributed by atoms with Crippen LogP contribution in [0.1, 0.15) is 18.3 Å². The number of thiocarbonyl (C=S) groups is 1. The Morgan fingerprint density at radius 1 is 1.63 bits per heavy atom. The fraction of sp³-hybridized carbons (Fsp3) is 0.667. The maximum Gasteiger partial charge on any atom is 0.120 e. The smallest absolute Gasteiger partial charge is 0.120 e. The van der Waals surface area contributed by atoms with Crippen LogP contribution in [-0.4, -0.2) is 45.5 Å². The van der Waals surface area contributed by atoms with E-state index in [1.54, 1.807) is 0 Å². The van der Waals surface area contributed by atoms with Crippen LogP contribution in [0.4, 0.5) is 0 Å². The van der Waals surface area contributed by atoms with Crippen molar-refractivity contribution in [3.8, 4) is 0 Å². The first-order valence-electron chi connectivity index (χ1n) is 6.38. The van der Waals surface area contributed by atoms with Crippen LogP contribution in [-0.2, 0) is 17.8 Å². The van der Waals surface area contributed by atoms with E-state index >= 15 is 0 Å². The van der Waals surface area contributed by atoms with Crippen molar-refractivity contribution in [1.29, 1.82) is 0 Å². The van der Waals surface area contributed by atoms with Gasteiger partial charge in [0.05, 0.1) is 23.0 Å². The lowest BCUT2D eigenvalue weighted by Crippen LogP contribution is -2.47. The molecule has 19 heavy (non-hydrogen) atoms. The second-order valence-corrected chi connectivity index (χ2v) is 5.51. The Bertz CT molecular complexity index is 477. The van der Waals surface area contributed by atoms with Crippen LogP contribution in [0.3, 0.4) is 0 Å². The largest absolute Gasteiger partial charge is 0.391 e. The van der Waals surface area contributed by atoms with Gasteiger partial charge in [-0.2, -0.15) is 5.10 Å². The number of halogens is 1. The van der Waals surface area contributed by atoms with Crippen molar-refractivity contribution in [2.24, 2.45) is 5.73 Å². The number of aromatic nitrogens is 2. The van der Waals surface area contributed by atoms with Crippen molar-refractivity contribution < 1.29 is 4.74 Å². The maximum absolute atomic E-state index is 6.32. The molecule has 2 heterocycles. The third-order valence-corrected chi connectivity index (χ3v) is 4.05. The minimum absolute atomic E-state index is 0.165. The van der Waals surface area contributed by atoms with Gasteiger partial charge in [0.1, 0.15) is 11.1 Å². The van der Waals surface area contributed by atoms with E-state index in [0.29, 0.717) is 18.1 Å². The van der Waals surface area contributed by atoms with Crippen LogP contribution >= 0.6 is 23.8 Å². The third kappa shape index (κ3) is 3.25. The highest BCUT2D eigenvalue weighted by molar-refractivity contribution is 7.80. The van der Waals surface area contributed by atoms with Crippen molar-refractivity contribution >= 4 is 28.8 Å². The monoisotopic (exact) mass is 302 g/mol. The molecule has 0 aliphatic carbocycles. The topological polar surface area (TPSA) is 56.3 Å². The number of aryl methyl sites for hydroxylation is 2. The highest BCUT2D eigenvalue weighted by atomic mass is 35.5. The van der Waals surface area contributed by atoms with Crippen LogP contribution in [0.25, 0.3) is 0 Å². The molecular formula is C12H19ClN4OS. The molecule has 1 fully saturated rings. The maximum atomic E-state index is 6.32. The summed E-state index contributed by atoms with van der Waals surface area (Å²) in [5.74, 6) is 0. The number of ether oxygens (including phenoxy) is 1. The van der Waals surface area contributed by atoms with E-state index in [4.69, 9.17) is 34.3 Å². The lowest BCUT2D eigenvalue weighted by atomic mass is 10.2. The fourth-order valence-corrected chi connectivity index (χ4v) is 2.59. The second-order valence-electron chi connectivity index (χ2n) is 4.66. The molecule has 0 bridgehead atoms. The lowest BCUT2D eigenvalue weighted by Gasteiger charge is -2.32. The predicted molar refractivity (Wildman–Crippen MR) is 79.5 cm³/mol. The van der Waals surface area contributed by atoms with E-state index in [9.17, 15) is 0 Å². The van der Waals surface area contributed by atoms with E-state index in [0.717, 1.165) is 36.0 Å². The molecule has 1 aromatic rings. The number of hydrogen-bond acceptors (Lipinski definition) is 4. The van der Waals surface area contributed by atoms with Crippen LogP contribution in [0.5, 0.6) is 0 Å². The number of hydrogen-bond donors (Lipinski definition) is 1. The van der Waals surface area contributed by atoms with Gasteiger partial charge in [0.25, 0.3) is 0 Å². The highest BCUT2D eigenvalue weighted by Crippen LogP contribution is 2.22. The van der Waals surface area contributed by atoms with Crippen LogP contribution in [0, 0.1) is 6.92 Å². The van der Waals surface area contributed by atoms with Gasteiger partial charge in [-0.3, -0.25) is 9.58 Å². The Hall–Kier alpha value is -0.690. The molecule has 0 radical (unpaired) electrons. The standard InChI is InChI=1S/C12H19ClN4OS/c1-3-17-9(11(13)8(2)15-17)6-16-4-5-18-10(7-16)12(14)19/h10H,3-7H2,1-2H3,(H2,14,19). The minimum atomic E-state index is -0.165. The average molecular weight is 303 g/mol. The van der Waals surface area contributed by atoms with E-state index in [1.165, 1.54) is 0 Å². The van der Waals surface area contributed by atoms with Gasteiger partial charge < -0.3 is 10.5 Å². The molecule has 0 aromatic carbocycles. The molecule has 1 aromatic heterocycles. The van der Waals surface area contributed by atoms with Crippen molar-refractivity contribution in [1.82, 2.24) is 14.7 Å². The summed E-state index contributed by atoms with van der Waals surface area (Å²) in [6.07, 6.45) is -0.165. The predicted octanol–water partition coefficient (Wildman–Crippen LogP) is 1.35. The molecular weight excluding hydrogens is 284 g/mol. The first-order chi connectivity index (χ1) is 9.02. The summed E-state index contributed by atoms with van der Waals surface area (Å²) in [6, 6.07) is 0. The highest BCUT2D eigenvalue weighted by Gasteiger charge is 2.24. The van der Waals surface area contributed by atoms with Crippen molar-refractivity contribution in [3.05, 3.63) is 16.4 Å². The Labute approximate surface area is 123 Å². The van der Waals surface area contributed by atoms with Gasteiger partial charge in [0.2, 0.25) is 0 Å². The molecule has 1 atom stereocenters. The van der Waals surface area contributed by atoms with Crippen LogP contribution in [0.2, 0.25) is 5.02 Å². The molecule has 0 amide bonds. The molecule has 1 saturated heterocycles. The van der Waals surface area contributed by atoms with Crippen LogP contribution < -0.4 is 5.73 Å². The molecule has 2 N–H and O–H groups in total. The molecule has 1 unspecified atom stereocenters. The zero-order chi connectivity index (χ0) is 14.0. The van der Waals surface area contributed by atoms with E-state index < -0.39 is 0 Å². The molecule has 7 heteroatoms. The minimum Gasteiger partial charge on any atom is -0.391 e. The molecule has 5 nitrogen and oxygen atoms in total. The summed E-state index contributed by atoms with van der Waals surface area (Å²) in [6.45, 7) is 7.74. The van der Waals surface area contributed by atoms with E-state index in [-0.39, 0.29) is 6.10 Å². The van der Waals surface area contributed by atoms with Gasteiger partial charge in [-0.1, -0.05) is 23.8 Å². The Morgan fingerprint density at radius 2 is 2.37 bits per heavy atom. The summed E-state index contributed by atoms with van der Waals surface area (Å²) < 4.78 is 7.48. The van der Waals surface area contributed by atoms with Gasteiger partial charge in [0, 0.05) is 26.2 Å². The van der Waals surface area contributed by atoms with Gasteiger partial charge in [-0.25, -0.2) is 0 Å². The lowest BCUT2D eigenvalue weighted by molar-refractivity contribution is 0.00299. The van der Waals surface area contributed by atoms with Gasteiger partial charge in [-0.15, -0.1) is 0 Å². The zero-order valence-electron chi connectivity index (χ0n) is 11.2. The number of nitrogens with zero attached hydrogens (tertiary/aromatic N) is 3. The summed E-state index contributed by atoms with van der Waals surface area (Å²) in [5.41, 5.74) is 7.57. The number of nitrogens with two attached hydrogens (primary N) is 1. The summed E-state index contributed by atoms with van der Waals surface area (Å²) in [5, 5.41) is 5.17. The van der Waals surface area contributed by atoms with Crippen molar-refractivity contribution in [2.75, 3.05) is 19.7 Å². The summed E-state index contributed by atoms with van der Waals surface area (Å²) in [7, 11) is 0. The van der Waals surface area contributed by atoms with Crippen molar-refractivity contribution in [3.63, 3.8) is 0 Å². The molecule has 2 rings (SSSR count). The number of morpholine rings is 1. The average Bonchev–Trinajstić information content (AvgIpc) is 2.67. The Balaban J connectivity index is 2.10. The molecule has 1 aliphatic rings. The first-order valence-corrected chi connectivity index (χ1v) is 7.16. The fourth-order valence-electron chi connectivity index (χ4n) is 2.25. The molecule has 1 aliphatic heterocycles. The molecule has 106 valence electrons. The van der Waals surface area contributed by atoms with Gasteiger partial charge in [-0.05, 0) is 13.8 Å². The van der Waals surface area contributed by atoms with E-state index in [1.807, 2.05) is 11.6 Å².